The van der Waals surface area contributed by atoms with Crippen molar-refractivity contribution in [1.82, 2.24) is 0 Å². The summed E-state index contributed by atoms with van der Waals surface area (Å²) in [7, 11) is 2.56. The summed E-state index contributed by atoms with van der Waals surface area (Å²) in [6, 6.07) is 0. The number of methoxy groups -OCH3 is 2. The topological polar surface area (TPSA) is 78.9 Å². The van der Waals surface area contributed by atoms with Crippen LogP contribution in [0.25, 0.3) is 0 Å². The molecule has 6 nitrogen and oxygen atoms in total. The Bertz CT molecular complexity index is 521. The quantitative estimate of drug-likeness (QED) is 0.472. The monoisotopic (exact) mass is 374 g/mol. The van der Waals surface area contributed by atoms with E-state index >= 15 is 0 Å². The van der Waals surface area contributed by atoms with Crippen LogP contribution in [-0.2, 0) is 28.6 Å². The van der Waals surface area contributed by atoms with Crippen molar-refractivity contribution in [3.05, 3.63) is 0 Å². The minimum absolute atomic E-state index is 0.137. The third kappa shape index (κ3) is 3.91. The molecular formula is C16H22O6S2. The third-order valence-corrected chi connectivity index (χ3v) is 6.26. The Hall–Kier alpha value is -1.15. The van der Waals surface area contributed by atoms with Crippen molar-refractivity contribution in [3.63, 3.8) is 0 Å². The fourth-order valence-electron chi connectivity index (χ4n) is 3.06. The van der Waals surface area contributed by atoms with E-state index in [4.69, 9.17) is 26.4 Å². The first kappa shape index (κ1) is 19.2. The predicted octanol–water partition coefficient (Wildman–Crippen LogP) is 2.13. The van der Waals surface area contributed by atoms with Gasteiger partial charge in [-0.1, -0.05) is 11.8 Å². The zero-order valence-electron chi connectivity index (χ0n) is 14.0. The number of hydrogen-bond acceptors (Lipinski definition) is 8. The fraction of sp³-hybridized carbons (Fsp3) is 0.750. The molecule has 2 rings (SSSR count). The highest BCUT2D eigenvalue weighted by Gasteiger charge is 2.73. The highest BCUT2D eigenvalue weighted by Crippen LogP contribution is 2.64. The molecule has 2 aliphatic carbocycles. The molecule has 24 heavy (non-hydrogen) atoms. The largest absolute Gasteiger partial charge is 0.479 e. The van der Waals surface area contributed by atoms with Crippen molar-refractivity contribution in [2.75, 3.05) is 20.8 Å². The van der Waals surface area contributed by atoms with Gasteiger partial charge in [-0.25, -0.2) is 0 Å². The van der Waals surface area contributed by atoms with Gasteiger partial charge in [-0.15, -0.1) is 0 Å². The maximum atomic E-state index is 12.1. The Morgan fingerprint density at radius 1 is 1.12 bits per heavy atom. The van der Waals surface area contributed by atoms with Crippen LogP contribution in [0.4, 0.5) is 0 Å². The Balaban J connectivity index is 2.19. The van der Waals surface area contributed by atoms with E-state index in [2.05, 4.69) is 0 Å². The molecule has 2 fully saturated rings. The van der Waals surface area contributed by atoms with Crippen molar-refractivity contribution in [2.45, 2.75) is 37.4 Å². The Kier molecular flexibility index (Phi) is 6.25. The molecule has 0 heterocycles. The lowest BCUT2D eigenvalue weighted by atomic mass is 10.1. The van der Waals surface area contributed by atoms with E-state index in [-0.39, 0.29) is 16.1 Å². The summed E-state index contributed by atoms with van der Waals surface area (Å²) < 4.78 is 14.4. The molecule has 0 unspecified atom stereocenters. The van der Waals surface area contributed by atoms with Gasteiger partial charge in [0.2, 0.25) is 4.38 Å². The van der Waals surface area contributed by atoms with Crippen LogP contribution in [0.2, 0.25) is 0 Å². The molecule has 0 bridgehead atoms. The van der Waals surface area contributed by atoms with E-state index in [0.717, 1.165) is 12.8 Å². The summed E-state index contributed by atoms with van der Waals surface area (Å²) in [5.41, 5.74) is 0. The van der Waals surface area contributed by atoms with Crippen LogP contribution in [0.5, 0.6) is 0 Å². The lowest BCUT2D eigenvalue weighted by Gasteiger charge is -2.17. The predicted molar refractivity (Wildman–Crippen MR) is 92.5 cm³/mol. The molecule has 2 atom stereocenters. The molecule has 0 N–H and O–H groups in total. The van der Waals surface area contributed by atoms with Crippen molar-refractivity contribution in [1.29, 1.82) is 0 Å². The van der Waals surface area contributed by atoms with Crippen molar-refractivity contribution >= 4 is 46.1 Å². The smallest absolute Gasteiger partial charge is 0.311 e. The molecular weight excluding hydrogens is 352 g/mol. The van der Waals surface area contributed by atoms with E-state index in [1.165, 1.54) is 26.0 Å². The van der Waals surface area contributed by atoms with Crippen LogP contribution >= 0.6 is 24.0 Å². The maximum absolute atomic E-state index is 12.1. The Labute approximate surface area is 151 Å². The Morgan fingerprint density at radius 3 is 2.08 bits per heavy atom. The minimum atomic E-state index is -0.822. The van der Waals surface area contributed by atoms with Gasteiger partial charge >= 0.3 is 11.9 Å². The van der Waals surface area contributed by atoms with Crippen LogP contribution in [0.15, 0.2) is 0 Å². The number of hydrogen-bond donors (Lipinski definition) is 0. The van der Waals surface area contributed by atoms with Crippen molar-refractivity contribution in [3.8, 4) is 0 Å². The number of thioether (sulfide) groups is 1. The van der Waals surface area contributed by atoms with E-state index in [1.807, 2.05) is 0 Å². The van der Waals surface area contributed by atoms with Crippen LogP contribution < -0.4 is 0 Å². The fourth-order valence-corrected chi connectivity index (χ4v) is 4.99. The zero-order chi connectivity index (χ0) is 17.9. The van der Waals surface area contributed by atoms with Crippen LogP contribution in [0.3, 0.4) is 0 Å². The summed E-state index contributed by atoms with van der Waals surface area (Å²) in [6.07, 6.45) is 2.54. The van der Waals surface area contributed by atoms with Gasteiger partial charge in [-0.05, 0) is 38.4 Å². The SMILES string of the molecule is CCOC(=S)SC1(CCC(=O)C2CC2)[C@@H](C(=O)OC)[C@@H]1C(=O)OC. The summed E-state index contributed by atoms with van der Waals surface area (Å²) in [4.78, 5) is 36.4. The van der Waals surface area contributed by atoms with Crippen LogP contribution in [-0.4, -0.2) is 47.7 Å². The molecule has 8 heteroatoms. The van der Waals surface area contributed by atoms with Crippen LogP contribution in [0, 0.1) is 17.8 Å². The number of carbonyl (C=O) groups is 3. The van der Waals surface area contributed by atoms with Gasteiger partial charge in [0.05, 0.1) is 37.4 Å². The number of esters is 2. The van der Waals surface area contributed by atoms with Crippen molar-refractivity contribution < 1.29 is 28.6 Å². The number of thiocarbonyl (C=S) groups is 1. The second kappa shape index (κ2) is 7.82. The minimum Gasteiger partial charge on any atom is -0.479 e. The summed E-state index contributed by atoms with van der Waals surface area (Å²) >= 11 is 6.36. The van der Waals surface area contributed by atoms with Gasteiger partial charge in [-0.2, -0.15) is 0 Å². The lowest BCUT2D eigenvalue weighted by Crippen LogP contribution is -2.21. The first-order chi connectivity index (χ1) is 11.4. The molecule has 0 radical (unpaired) electrons. The second-order valence-electron chi connectivity index (χ2n) is 5.98. The molecule has 0 aromatic rings. The molecule has 0 amide bonds. The molecule has 0 aliphatic heterocycles. The number of Topliss-reactive ketones (excluding diaryl/α,β-unsaturated/α-hetero) is 1. The van der Waals surface area contributed by atoms with E-state index < -0.39 is 28.5 Å². The maximum Gasteiger partial charge on any atom is 0.311 e. The summed E-state index contributed by atoms with van der Waals surface area (Å²) in [5.74, 6) is -2.02. The van der Waals surface area contributed by atoms with Gasteiger partial charge in [0.25, 0.3) is 0 Å². The number of ether oxygens (including phenoxy) is 3. The normalized spacial score (nSPS) is 28.0. The van der Waals surface area contributed by atoms with Gasteiger partial charge in [-0.3, -0.25) is 14.4 Å². The average Bonchev–Trinajstić information content (AvgIpc) is 3.46. The summed E-state index contributed by atoms with van der Waals surface area (Å²) in [6.45, 7) is 2.20. The molecule has 134 valence electrons. The highest BCUT2D eigenvalue weighted by molar-refractivity contribution is 8.23. The number of carbonyl (C=O) groups excluding carboxylic acids is 3. The van der Waals surface area contributed by atoms with Crippen LogP contribution in [0.1, 0.15) is 32.6 Å². The number of rotatable bonds is 8. The van der Waals surface area contributed by atoms with Gasteiger partial charge in [0.15, 0.2) is 0 Å². The molecule has 2 aliphatic rings. The van der Waals surface area contributed by atoms with E-state index in [1.54, 1.807) is 6.92 Å². The average molecular weight is 374 g/mol. The molecule has 0 spiro atoms. The standard InChI is InChI=1S/C16H22O6S2/c1-4-22-15(23)24-16(8-7-10(17)9-5-6-9)11(13(18)20-2)12(16)14(19)21-3/h9,11-12H,4-8H2,1-3H3/t11-,12-/m1/s1. The van der Waals surface area contributed by atoms with Crippen molar-refractivity contribution in [2.24, 2.45) is 17.8 Å². The first-order valence-corrected chi connectivity index (χ1v) is 9.17. The molecule has 0 aromatic heterocycles. The highest BCUT2D eigenvalue weighted by atomic mass is 32.2. The van der Waals surface area contributed by atoms with E-state index in [0.29, 0.717) is 19.4 Å². The van der Waals surface area contributed by atoms with Gasteiger partial charge < -0.3 is 14.2 Å². The van der Waals surface area contributed by atoms with Gasteiger partial charge in [0, 0.05) is 12.3 Å². The molecule has 0 aromatic carbocycles. The zero-order valence-corrected chi connectivity index (χ0v) is 15.7. The summed E-state index contributed by atoms with van der Waals surface area (Å²) in [5, 5.41) is 0. The Morgan fingerprint density at radius 2 is 1.67 bits per heavy atom. The van der Waals surface area contributed by atoms with E-state index in [9.17, 15) is 14.4 Å². The lowest BCUT2D eigenvalue weighted by molar-refractivity contribution is -0.148. The second-order valence-corrected chi connectivity index (χ2v) is 7.95. The molecule has 0 saturated heterocycles. The first-order valence-electron chi connectivity index (χ1n) is 7.95. The van der Waals surface area contributed by atoms with Gasteiger partial charge in [0.1, 0.15) is 5.78 Å². The third-order valence-electron chi connectivity index (χ3n) is 4.52. The molecule has 2 saturated carbocycles. The number of ketones is 1.